The van der Waals surface area contributed by atoms with E-state index in [-0.39, 0.29) is 5.91 Å². The standard InChI is InChI=1S/C17H14BrN3O/c1-11-6-7-12(8-15(11)18)17(22)21-20-10-13-9-19-16-5-3-2-4-14(13)16/h2-10,19H,1H3,(H,21,22)/b20-10+. The van der Waals surface area contributed by atoms with Crippen molar-refractivity contribution in [3.63, 3.8) is 0 Å². The van der Waals surface area contributed by atoms with Gasteiger partial charge in [-0.25, -0.2) is 5.43 Å². The first-order valence-electron chi connectivity index (χ1n) is 6.81. The van der Waals surface area contributed by atoms with Gasteiger partial charge in [0.1, 0.15) is 0 Å². The maximum absolute atomic E-state index is 12.0. The van der Waals surface area contributed by atoms with Gasteiger partial charge in [-0.2, -0.15) is 5.10 Å². The number of nitrogens with zero attached hydrogens (tertiary/aromatic N) is 1. The number of H-pyrrole nitrogens is 1. The number of amides is 1. The van der Waals surface area contributed by atoms with E-state index in [4.69, 9.17) is 0 Å². The first-order chi connectivity index (χ1) is 10.6. The molecule has 4 nitrogen and oxygen atoms in total. The van der Waals surface area contributed by atoms with Crippen molar-refractivity contribution in [1.82, 2.24) is 10.4 Å². The summed E-state index contributed by atoms with van der Waals surface area (Å²) < 4.78 is 0.903. The van der Waals surface area contributed by atoms with Gasteiger partial charge in [0.2, 0.25) is 0 Å². The van der Waals surface area contributed by atoms with Gasteiger partial charge < -0.3 is 4.98 Å². The average molecular weight is 356 g/mol. The number of carbonyl (C=O) groups excluding carboxylic acids is 1. The van der Waals surface area contributed by atoms with Crippen molar-refractivity contribution in [2.75, 3.05) is 0 Å². The Balaban J connectivity index is 1.74. The number of hydrazone groups is 1. The lowest BCUT2D eigenvalue weighted by Gasteiger charge is -2.02. The number of hydrogen-bond donors (Lipinski definition) is 2. The zero-order valence-corrected chi connectivity index (χ0v) is 13.5. The highest BCUT2D eigenvalue weighted by molar-refractivity contribution is 9.10. The molecular formula is C17H14BrN3O. The Kier molecular flexibility index (Phi) is 4.06. The third-order valence-electron chi connectivity index (χ3n) is 3.42. The Morgan fingerprint density at radius 2 is 2.09 bits per heavy atom. The Morgan fingerprint density at radius 3 is 2.91 bits per heavy atom. The molecule has 0 bridgehead atoms. The molecule has 110 valence electrons. The fourth-order valence-corrected chi connectivity index (χ4v) is 2.54. The van der Waals surface area contributed by atoms with E-state index in [0.29, 0.717) is 5.56 Å². The second-order valence-corrected chi connectivity index (χ2v) is 5.81. The van der Waals surface area contributed by atoms with Gasteiger partial charge in [-0.3, -0.25) is 4.79 Å². The van der Waals surface area contributed by atoms with Gasteiger partial charge in [0.25, 0.3) is 5.91 Å². The third kappa shape index (κ3) is 2.94. The molecule has 0 radical (unpaired) electrons. The molecule has 1 amide bonds. The third-order valence-corrected chi connectivity index (χ3v) is 4.28. The largest absolute Gasteiger partial charge is 0.361 e. The summed E-state index contributed by atoms with van der Waals surface area (Å²) in [6.45, 7) is 1.97. The quantitative estimate of drug-likeness (QED) is 0.541. The highest BCUT2D eigenvalue weighted by Crippen LogP contribution is 2.18. The van der Waals surface area contributed by atoms with Crippen molar-refractivity contribution in [2.45, 2.75) is 6.92 Å². The predicted molar refractivity (Wildman–Crippen MR) is 92.2 cm³/mol. The predicted octanol–water partition coefficient (Wildman–Crippen LogP) is 4.00. The summed E-state index contributed by atoms with van der Waals surface area (Å²) in [6, 6.07) is 13.4. The SMILES string of the molecule is Cc1ccc(C(=O)N/N=C/c2c[nH]c3ccccc23)cc1Br. The van der Waals surface area contributed by atoms with Crippen molar-refractivity contribution in [1.29, 1.82) is 0 Å². The zero-order chi connectivity index (χ0) is 15.5. The van der Waals surface area contributed by atoms with E-state index in [2.05, 4.69) is 31.4 Å². The van der Waals surface area contributed by atoms with Crippen LogP contribution in [0.5, 0.6) is 0 Å². The van der Waals surface area contributed by atoms with Crippen molar-refractivity contribution in [3.05, 3.63) is 69.8 Å². The average Bonchev–Trinajstić information content (AvgIpc) is 2.93. The van der Waals surface area contributed by atoms with E-state index in [1.54, 1.807) is 18.3 Å². The summed E-state index contributed by atoms with van der Waals surface area (Å²) in [5.74, 6) is -0.239. The second-order valence-electron chi connectivity index (χ2n) is 4.95. The van der Waals surface area contributed by atoms with Crippen molar-refractivity contribution in [2.24, 2.45) is 5.10 Å². The highest BCUT2D eigenvalue weighted by atomic mass is 79.9. The fraction of sp³-hybridized carbons (Fsp3) is 0.0588. The Hall–Kier alpha value is -2.40. The number of aromatic nitrogens is 1. The van der Waals surface area contributed by atoms with Gasteiger partial charge in [0.15, 0.2) is 0 Å². The lowest BCUT2D eigenvalue weighted by molar-refractivity contribution is 0.0955. The van der Waals surface area contributed by atoms with Crippen LogP contribution in [0.2, 0.25) is 0 Å². The minimum Gasteiger partial charge on any atom is -0.361 e. The summed E-state index contributed by atoms with van der Waals surface area (Å²) in [6.07, 6.45) is 3.50. The number of rotatable bonds is 3. The molecule has 3 rings (SSSR count). The molecule has 0 aliphatic heterocycles. The topological polar surface area (TPSA) is 57.2 Å². The molecule has 22 heavy (non-hydrogen) atoms. The van der Waals surface area contributed by atoms with Crippen molar-refractivity contribution >= 4 is 39.0 Å². The molecular weight excluding hydrogens is 342 g/mol. The smallest absolute Gasteiger partial charge is 0.271 e. The lowest BCUT2D eigenvalue weighted by atomic mass is 10.1. The van der Waals surface area contributed by atoms with E-state index >= 15 is 0 Å². The van der Waals surface area contributed by atoms with Gasteiger partial charge in [0, 0.05) is 32.7 Å². The molecule has 0 aliphatic rings. The van der Waals surface area contributed by atoms with Gasteiger partial charge >= 0.3 is 0 Å². The van der Waals surface area contributed by atoms with Crippen LogP contribution < -0.4 is 5.43 Å². The maximum Gasteiger partial charge on any atom is 0.271 e. The molecule has 2 N–H and O–H groups in total. The van der Waals surface area contributed by atoms with E-state index < -0.39 is 0 Å². The minimum atomic E-state index is -0.239. The molecule has 1 aromatic heterocycles. The number of carbonyl (C=O) groups is 1. The first kappa shape index (κ1) is 14.5. The molecule has 5 heteroatoms. The summed E-state index contributed by atoms with van der Waals surface area (Å²) in [5, 5.41) is 5.10. The monoisotopic (exact) mass is 355 g/mol. The molecule has 0 fully saturated rings. The normalized spacial score (nSPS) is 11.2. The number of aromatic amines is 1. The molecule has 3 aromatic rings. The molecule has 0 saturated carbocycles. The molecule has 1 heterocycles. The maximum atomic E-state index is 12.0. The van der Waals surface area contributed by atoms with Crippen LogP contribution in [0.1, 0.15) is 21.5 Å². The molecule has 0 spiro atoms. The van der Waals surface area contributed by atoms with Gasteiger partial charge in [-0.1, -0.05) is 40.2 Å². The Labute approximate surface area is 136 Å². The van der Waals surface area contributed by atoms with Crippen LogP contribution in [-0.4, -0.2) is 17.1 Å². The number of para-hydroxylation sites is 1. The number of aryl methyl sites for hydroxylation is 1. The van der Waals surface area contributed by atoms with E-state index in [0.717, 1.165) is 26.5 Å². The highest BCUT2D eigenvalue weighted by Gasteiger charge is 2.06. The Morgan fingerprint density at radius 1 is 1.27 bits per heavy atom. The van der Waals surface area contributed by atoms with Gasteiger partial charge in [0.05, 0.1) is 6.21 Å². The number of nitrogens with one attached hydrogen (secondary N) is 2. The molecule has 0 aliphatic carbocycles. The zero-order valence-electron chi connectivity index (χ0n) is 11.9. The van der Waals surface area contributed by atoms with E-state index in [1.807, 2.05) is 43.5 Å². The summed E-state index contributed by atoms with van der Waals surface area (Å²) in [7, 11) is 0. The summed E-state index contributed by atoms with van der Waals surface area (Å²) in [5.41, 5.74) is 6.16. The fourth-order valence-electron chi connectivity index (χ4n) is 2.16. The molecule has 0 atom stereocenters. The second kappa shape index (κ2) is 6.15. The van der Waals surface area contributed by atoms with Crippen LogP contribution in [0.25, 0.3) is 10.9 Å². The van der Waals surface area contributed by atoms with Crippen LogP contribution in [0.3, 0.4) is 0 Å². The summed E-state index contributed by atoms with van der Waals surface area (Å²) >= 11 is 3.42. The number of benzene rings is 2. The molecule has 2 aromatic carbocycles. The van der Waals surface area contributed by atoms with Crippen molar-refractivity contribution in [3.8, 4) is 0 Å². The van der Waals surface area contributed by atoms with E-state index in [1.165, 1.54) is 0 Å². The molecule has 0 saturated heterocycles. The minimum absolute atomic E-state index is 0.239. The lowest BCUT2D eigenvalue weighted by Crippen LogP contribution is -2.17. The number of fused-ring (bicyclic) bond motifs is 1. The van der Waals surface area contributed by atoms with Crippen LogP contribution in [0.15, 0.2) is 58.2 Å². The van der Waals surface area contributed by atoms with Gasteiger partial charge in [-0.05, 0) is 30.7 Å². The number of hydrogen-bond acceptors (Lipinski definition) is 2. The first-order valence-corrected chi connectivity index (χ1v) is 7.60. The van der Waals surface area contributed by atoms with Crippen molar-refractivity contribution < 1.29 is 4.79 Å². The van der Waals surface area contributed by atoms with Crippen LogP contribution in [-0.2, 0) is 0 Å². The van der Waals surface area contributed by atoms with Crippen LogP contribution >= 0.6 is 15.9 Å². The number of halogens is 1. The molecule has 0 unspecified atom stereocenters. The Bertz CT molecular complexity index is 867. The summed E-state index contributed by atoms with van der Waals surface area (Å²) in [4.78, 5) is 15.2. The van der Waals surface area contributed by atoms with Gasteiger partial charge in [-0.15, -0.1) is 0 Å². The van der Waals surface area contributed by atoms with E-state index in [9.17, 15) is 4.79 Å². The van der Waals surface area contributed by atoms with Crippen LogP contribution in [0, 0.1) is 6.92 Å². The van der Waals surface area contributed by atoms with Crippen LogP contribution in [0.4, 0.5) is 0 Å².